The smallest absolute Gasteiger partial charge is 0.155 e. The summed E-state index contributed by atoms with van der Waals surface area (Å²) in [6, 6.07) is 0. The van der Waals surface area contributed by atoms with Gasteiger partial charge in [0.05, 0.1) is 0 Å². The minimum absolute atomic E-state index is 0.341. The Hall–Kier alpha value is -0.590. The Morgan fingerprint density at radius 2 is 1.85 bits per heavy atom. The van der Waals surface area contributed by atoms with E-state index in [2.05, 4.69) is 6.92 Å². The first-order chi connectivity index (χ1) is 6.23. The zero-order valence-corrected chi connectivity index (χ0v) is 8.44. The Morgan fingerprint density at radius 1 is 1.15 bits per heavy atom. The van der Waals surface area contributed by atoms with Crippen molar-refractivity contribution in [3.05, 3.63) is 11.6 Å². The van der Waals surface area contributed by atoms with Crippen molar-refractivity contribution in [1.82, 2.24) is 0 Å². The molecule has 1 spiro atoms. The van der Waals surface area contributed by atoms with E-state index in [0.29, 0.717) is 11.2 Å². The summed E-state index contributed by atoms with van der Waals surface area (Å²) in [6.45, 7) is 2.16. The van der Waals surface area contributed by atoms with Crippen LogP contribution in [0.15, 0.2) is 11.6 Å². The molecule has 72 valence electrons. The lowest BCUT2D eigenvalue weighted by atomic mass is 9.64. The van der Waals surface area contributed by atoms with Gasteiger partial charge in [0.1, 0.15) is 0 Å². The number of carbonyl (C=O) groups is 1. The molecule has 1 fully saturated rings. The highest BCUT2D eigenvalue weighted by Crippen LogP contribution is 2.47. The van der Waals surface area contributed by atoms with Gasteiger partial charge in [-0.1, -0.05) is 24.8 Å². The van der Waals surface area contributed by atoms with E-state index in [-0.39, 0.29) is 0 Å². The largest absolute Gasteiger partial charge is 0.295 e. The molecule has 0 N–H and O–H groups in total. The van der Waals surface area contributed by atoms with Crippen molar-refractivity contribution in [2.24, 2.45) is 5.41 Å². The van der Waals surface area contributed by atoms with Crippen LogP contribution in [0.5, 0.6) is 0 Å². The summed E-state index contributed by atoms with van der Waals surface area (Å²) in [4.78, 5) is 11.2. The lowest BCUT2D eigenvalue weighted by molar-refractivity contribution is -0.116. The maximum atomic E-state index is 11.2. The van der Waals surface area contributed by atoms with Crippen LogP contribution in [0.4, 0.5) is 0 Å². The fraction of sp³-hybridized carbons (Fsp3) is 0.750. The van der Waals surface area contributed by atoms with Crippen LogP contribution >= 0.6 is 0 Å². The summed E-state index contributed by atoms with van der Waals surface area (Å²) in [5.41, 5.74) is 1.80. The molecule has 0 unspecified atom stereocenters. The van der Waals surface area contributed by atoms with Crippen LogP contribution in [0.2, 0.25) is 0 Å². The van der Waals surface area contributed by atoms with E-state index in [1.165, 1.54) is 37.7 Å². The molecular weight excluding hydrogens is 160 g/mol. The van der Waals surface area contributed by atoms with Gasteiger partial charge >= 0.3 is 0 Å². The van der Waals surface area contributed by atoms with Gasteiger partial charge in [-0.3, -0.25) is 4.79 Å². The standard InChI is InChI=1S/C12H18O/c1-10-9-11(13)5-8-12(10)6-3-2-4-7-12/h9H,2-8H2,1H3. The van der Waals surface area contributed by atoms with Gasteiger partial charge in [0, 0.05) is 6.42 Å². The SMILES string of the molecule is CC1=CC(=O)CCC12CCCCC2. The van der Waals surface area contributed by atoms with E-state index in [9.17, 15) is 4.79 Å². The van der Waals surface area contributed by atoms with Crippen LogP contribution in [-0.4, -0.2) is 5.78 Å². The maximum Gasteiger partial charge on any atom is 0.155 e. The quantitative estimate of drug-likeness (QED) is 0.556. The highest BCUT2D eigenvalue weighted by molar-refractivity contribution is 5.91. The lowest BCUT2D eigenvalue weighted by Crippen LogP contribution is -2.29. The van der Waals surface area contributed by atoms with Gasteiger partial charge < -0.3 is 0 Å². The summed E-state index contributed by atoms with van der Waals surface area (Å²) in [5.74, 6) is 0.341. The Bertz CT molecular complexity index is 244. The number of hydrogen-bond acceptors (Lipinski definition) is 1. The predicted molar refractivity (Wildman–Crippen MR) is 53.5 cm³/mol. The molecule has 1 heteroatoms. The molecule has 0 saturated heterocycles. The van der Waals surface area contributed by atoms with Crippen molar-refractivity contribution in [2.45, 2.75) is 51.9 Å². The highest BCUT2D eigenvalue weighted by Gasteiger charge is 2.36. The molecule has 0 bridgehead atoms. The van der Waals surface area contributed by atoms with Crippen molar-refractivity contribution in [2.75, 3.05) is 0 Å². The number of allylic oxidation sites excluding steroid dienone is 2. The number of carbonyl (C=O) groups excluding carboxylic acids is 1. The topological polar surface area (TPSA) is 17.1 Å². The van der Waals surface area contributed by atoms with Crippen molar-refractivity contribution in [1.29, 1.82) is 0 Å². The average molecular weight is 178 g/mol. The fourth-order valence-electron chi connectivity index (χ4n) is 2.90. The number of rotatable bonds is 0. The van der Waals surface area contributed by atoms with E-state index in [1.807, 2.05) is 6.08 Å². The maximum absolute atomic E-state index is 11.2. The monoisotopic (exact) mass is 178 g/mol. The second-order valence-corrected chi connectivity index (χ2v) is 4.63. The fourth-order valence-corrected chi connectivity index (χ4v) is 2.90. The summed E-state index contributed by atoms with van der Waals surface area (Å²) in [5, 5.41) is 0. The number of ketones is 1. The van der Waals surface area contributed by atoms with Crippen LogP contribution in [-0.2, 0) is 4.79 Å². The lowest BCUT2D eigenvalue weighted by Gasteiger charge is -2.40. The van der Waals surface area contributed by atoms with Crippen LogP contribution in [0.3, 0.4) is 0 Å². The average Bonchev–Trinajstić information content (AvgIpc) is 2.14. The molecule has 0 aliphatic heterocycles. The molecule has 1 saturated carbocycles. The summed E-state index contributed by atoms with van der Waals surface area (Å²) < 4.78 is 0. The minimum Gasteiger partial charge on any atom is -0.295 e. The molecule has 0 aromatic rings. The Morgan fingerprint density at radius 3 is 2.46 bits per heavy atom. The van der Waals surface area contributed by atoms with Gasteiger partial charge in [0.25, 0.3) is 0 Å². The Balaban J connectivity index is 2.21. The van der Waals surface area contributed by atoms with Gasteiger partial charge in [0.15, 0.2) is 5.78 Å². The third-order valence-corrected chi connectivity index (χ3v) is 3.87. The molecule has 2 aliphatic carbocycles. The van der Waals surface area contributed by atoms with Crippen LogP contribution in [0, 0.1) is 5.41 Å². The highest BCUT2D eigenvalue weighted by atomic mass is 16.1. The summed E-state index contributed by atoms with van der Waals surface area (Å²) in [7, 11) is 0. The molecule has 2 rings (SSSR count). The second-order valence-electron chi connectivity index (χ2n) is 4.63. The molecule has 0 aromatic heterocycles. The first-order valence-corrected chi connectivity index (χ1v) is 5.45. The first-order valence-electron chi connectivity index (χ1n) is 5.45. The molecule has 0 atom stereocenters. The zero-order chi connectivity index (χ0) is 9.31. The van der Waals surface area contributed by atoms with Crippen molar-refractivity contribution in [3.8, 4) is 0 Å². The van der Waals surface area contributed by atoms with E-state index < -0.39 is 0 Å². The van der Waals surface area contributed by atoms with Gasteiger partial charge in [-0.25, -0.2) is 0 Å². The van der Waals surface area contributed by atoms with Gasteiger partial charge in [-0.2, -0.15) is 0 Å². The third kappa shape index (κ3) is 1.56. The van der Waals surface area contributed by atoms with Crippen LogP contribution in [0.1, 0.15) is 51.9 Å². The molecule has 0 radical (unpaired) electrons. The van der Waals surface area contributed by atoms with E-state index in [1.54, 1.807) is 0 Å². The Labute approximate surface area is 80.2 Å². The second kappa shape index (κ2) is 3.28. The molecule has 0 heterocycles. The zero-order valence-electron chi connectivity index (χ0n) is 8.44. The summed E-state index contributed by atoms with van der Waals surface area (Å²) >= 11 is 0. The molecule has 13 heavy (non-hydrogen) atoms. The van der Waals surface area contributed by atoms with Crippen LogP contribution < -0.4 is 0 Å². The summed E-state index contributed by atoms with van der Waals surface area (Å²) in [6.07, 6.45) is 10.6. The van der Waals surface area contributed by atoms with Gasteiger partial charge in [-0.05, 0) is 37.7 Å². The van der Waals surface area contributed by atoms with Crippen molar-refractivity contribution < 1.29 is 4.79 Å². The van der Waals surface area contributed by atoms with Crippen molar-refractivity contribution >= 4 is 5.78 Å². The molecule has 1 nitrogen and oxygen atoms in total. The first kappa shape index (κ1) is 8.98. The van der Waals surface area contributed by atoms with Gasteiger partial charge in [-0.15, -0.1) is 0 Å². The molecule has 0 aromatic carbocycles. The van der Waals surface area contributed by atoms with Crippen molar-refractivity contribution in [3.63, 3.8) is 0 Å². The Kier molecular flexibility index (Phi) is 2.27. The minimum atomic E-state index is 0.341. The van der Waals surface area contributed by atoms with E-state index in [0.717, 1.165) is 12.8 Å². The molecule has 2 aliphatic rings. The van der Waals surface area contributed by atoms with Crippen LogP contribution in [0.25, 0.3) is 0 Å². The normalized spacial score (nSPS) is 27.5. The van der Waals surface area contributed by atoms with E-state index in [4.69, 9.17) is 0 Å². The van der Waals surface area contributed by atoms with E-state index >= 15 is 0 Å². The predicted octanol–water partition coefficient (Wildman–Crippen LogP) is 3.25. The molecular formula is C12H18O. The molecule has 0 amide bonds. The third-order valence-electron chi connectivity index (χ3n) is 3.87. The number of hydrogen-bond donors (Lipinski definition) is 0. The van der Waals surface area contributed by atoms with Gasteiger partial charge in [0.2, 0.25) is 0 Å².